The van der Waals surface area contributed by atoms with E-state index in [-0.39, 0.29) is 18.0 Å². The van der Waals surface area contributed by atoms with Crippen molar-refractivity contribution >= 4 is 23.8 Å². The van der Waals surface area contributed by atoms with Crippen LogP contribution < -0.4 is 5.32 Å². The van der Waals surface area contributed by atoms with Crippen LogP contribution in [-0.2, 0) is 9.53 Å². The standard InChI is InChI=1S/C7H11NO3S/c1-3-4(2)11-6(9)5(3)8-7(10)12/h3-5H,1-2H3,(H2,8,10,12)/t3-,4-,5+/m0/s1. The van der Waals surface area contributed by atoms with Crippen molar-refractivity contribution in [1.29, 1.82) is 0 Å². The normalized spacial score (nSPS) is 34.6. The summed E-state index contributed by atoms with van der Waals surface area (Å²) < 4.78 is 4.90. The Morgan fingerprint density at radius 1 is 1.58 bits per heavy atom. The number of amides is 1. The number of carbonyl (C=O) groups is 2. The molecule has 0 aromatic heterocycles. The molecule has 0 aromatic rings. The molecule has 0 aromatic carbocycles. The third-order valence-electron chi connectivity index (χ3n) is 2.10. The van der Waals surface area contributed by atoms with Crippen molar-refractivity contribution < 1.29 is 14.3 Å². The first kappa shape index (κ1) is 9.38. The summed E-state index contributed by atoms with van der Waals surface area (Å²) in [7, 11) is 0. The lowest BCUT2D eigenvalue weighted by Crippen LogP contribution is -2.39. The minimum Gasteiger partial charge on any atom is -0.461 e. The van der Waals surface area contributed by atoms with Gasteiger partial charge in [0.1, 0.15) is 12.1 Å². The number of ether oxygens (including phenoxy) is 1. The topological polar surface area (TPSA) is 55.4 Å². The fourth-order valence-electron chi connectivity index (χ4n) is 1.17. The number of nitrogens with one attached hydrogen (secondary N) is 1. The quantitative estimate of drug-likeness (QED) is 0.468. The zero-order valence-corrected chi connectivity index (χ0v) is 7.80. The molecule has 4 nitrogen and oxygen atoms in total. The van der Waals surface area contributed by atoms with Crippen LogP contribution in [0.2, 0.25) is 0 Å². The molecule has 0 bridgehead atoms. The minimum atomic E-state index is -0.537. The highest BCUT2D eigenvalue weighted by molar-refractivity contribution is 7.96. The van der Waals surface area contributed by atoms with Crippen molar-refractivity contribution in [2.75, 3.05) is 0 Å². The van der Waals surface area contributed by atoms with E-state index in [1.54, 1.807) is 6.92 Å². The van der Waals surface area contributed by atoms with Gasteiger partial charge in [-0.15, -0.1) is 0 Å². The molecule has 0 spiro atoms. The van der Waals surface area contributed by atoms with Gasteiger partial charge in [-0.3, -0.25) is 4.79 Å². The van der Waals surface area contributed by atoms with Crippen LogP contribution in [0.3, 0.4) is 0 Å². The van der Waals surface area contributed by atoms with E-state index >= 15 is 0 Å². The molecule has 68 valence electrons. The molecule has 1 N–H and O–H groups in total. The molecule has 1 saturated heterocycles. The molecule has 3 atom stereocenters. The Balaban J connectivity index is 2.63. The van der Waals surface area contributed by atoms with Gasteiger partial charge in [0.05, 0.1) is 0 Å². The van der Waals surface area contributed by atoms with Gasteiger partial charge in [-0.25, -0.2) is 4.79 Å². The summed E-state index contributed by atoms with van der Waals surface area (Å²) in [5.41, 5.74) is 0. The van der Waals surface area contributed by atoms with Gasteiger partial charge in [0, 0.05) is 5.92 Å². The first-order valence-electron chi connectivity index (χ1n) is 3.72. The van der Waals surface area contributed by atoms with Crippen LogP contribution >= 0.6 is 12.6 Å². The summed E-state index contributed by atoms with van der Waals surface area (Å²) in [6.07, 6.45) is -0.136. The summed E-state index contributed by atoms with van der Waals surface area (Å²) in [5, 5.41) is 1.92. The zero-order valence-electron chi connectivity index (χ0n) is 6.90. The molecule has 1 fully saturated rings. The van der Waals surface area contributed by atoms with Crippen LogP contribution in [0.25, 0.3) is 0 Å². The molecular weight excluding hydrogens is 178 g/mol. The summed E-state index contributed by atoms with van der Waals surface area (Å²) in [5.74, 6) is -0.369. The Labute approximate surface area is 76.1 Å². The van der Waals surface area contributed by atoms with Crippen LogP contribution in [0.1, 0.15) is 13.8 Å². The summed E-state index contributed by atoms with van der Waals surface area (Å²) in [6, 6.07) is -0.537. The van der Waals surface area contributed by atoms with Gasteiger partial charge in [-0.05, 0) is 6.92 Å². The van der Waals surface area contributed by atoms with Crippen LogP contribution in [0.5, 0.6) is 0 Å². The maximum atomic E-state index is 11.1. The number of cyclic esters (lactones) is 1. The Hall–Kier alpha value is -0.710. The molecule has 0 unspecified atom stereocenters. The maximum Gasteiger partial charge on any atom is 0.329 e. The Bertz CT molecular complexity index is 219. The lowest BCUT2D eigenvalue weighted by Gasteiger charge is -2.12. The SMILES string of the molecule is C[C@H]1[C@H](C)OC(=O)[C@@H]1NC(=O)S. The van der Waals surface area contributed by atoms with E-state index in [0.717, 1.165) is 0 Å². The highest BCUT2D eigenvalue weighted by atomic mass is 32.1. The molecule has 0 radical (unpaired) electrons. The highest BCUT2D eigenvalue weighted by Gasteiger charge is 2.39. The summed E-state index contributed by atoms with van der Waals surface area (Å²) in [6.45, 7) is 3.65. The van der Waals surface area contributed by atoms with Crippen LogP contribution in [-0.4, -0.2) is 23.4 Å². The first-order valence-corrected chi connectivity index (χ1v) is 4.17. The predicted molar refractivity (Wildman–Crippen MR) is 46.0 cm³/mol. The van der Waals surface area contributed by atoms with Gasteiger partial charge in [0.25, 0.3) is 5.24 Å². The number of hydrogen-bond donors (Lipinski definition) is 2. The molecule has 1 aliphatic heterocycles. The number of esters is 1. The van der Waals surface area contributed by atoms with E-state index in [1.807, 2.05) is 6.92 Å². The molecule has 0 saturated carbocycles. The maximum absolute atomic E-state index is 11.1. The van der Waals surface area contributed by atoms with Crippen molar-refractivity contribution in [2.24, 2.45) is 5.92 Å². The molecule has 1 aliphatic rings. The highest BCUT2D eigenvalue weighted by Crippen LogP contribution is 2.21. The lowest BCUT2D eigenvalue weighted by atomic mass is 10.0. The predicted octanol–water partition coefficient (Wildman–Crippen LogP) is 0.576. The van der Waals surface area contributed by atoms with Gasteiger partial charge in [-0.2, -0.15) is 0 Å². The third-order valence-corrected chi connectivity index (χ3v) is 2.23. The largest absolute Gasteiger partial charge is 0.461 e. The van der Waals surface area contributed by atoms with E-state index < -0.39 is 11.3 Å². The van der Waals surface area contributed by atoms with Gasteiger partial charge in [0.15, 0.2) is 0 Å². The monoisotopic (exact) mass is 189 g/mol. The van der Waals surface area contributed by atoms with E-state index in [1.165, 1.54) is 0 Å². The van der Waals surface area contributed by atoms with Gasteiger partial charge in [-0.1, -0.05) is 19.6 Å². The molecule has 5 heteroatoms. The second-order valence-corrected chi connectivity index (χ2v) is 3.33. The fraction of sp³-hybridized carbons (Fsp3) is 0.714. The van der Waals surface area contributed by atoms with Gasteiger partial charge < -0.3 is 10.1 Å². The van der Waals surface area contributed by atoms with Crippen LogP contribution in [0.4, 0.5) is 4.79 Å². The van der Waals surface area contributed by atoms with Crippen LogP contribution in [0, 0.1) is 5.92 Å². The van der Waals surface area contributed by atoms with Gasteiger partial charge in [0.2, 0.25) is 0 Å². The zero-order chi connectivity index (χ0) is 9.30. The molecular formula is C7H11NO3S. The van der Waals surface area contributed by atoms with Crippen molar-refractivity contribution in [3.63, 3.8) is 0 Å². The summed E-state index contributed by atoms with van der Waals surface area (Å²) >= 11 is 3.53. The number of thiol groups is 1. The van der Waals surface area contributed by atoms with E-state index in [9.17, 15) is 9.59 Å². The van der Waals surface area contributed by atoms with E-state index in [2.05, 4.69) is 17.9 Å². The van der Waals surface area contributed by atoms with Gasteiger partial charge >= 0.3 is 5.97 Å². The van der Waals surface area contributed by atoms with E-state index in [4.69, 9.17) is 4.74 Å². The van der Waals surface area contributed by atoms with Crippen molar-refractivity contribution in [3.05, 3.63) is 0 Å². The summed E-state index contributed by atoms with van der Waals surface area (Å²) in [4.78, 5) is 21.6. The minimum absolute atomic E-state index is 0.00796. The van der Waals surface area contributed by atoms with Crippen molar-refractivity contribution in [1.82, 2.24) is 5.32 Å². The Kier molecular flexibility index (Phi) is 2.62. The van der Waals surface area contributed by atoms with Crippen LogP contribution in [0.15, 0.2) is 0 Å². The lowest BCUT2D eigenvalue weighted by molar-refractivity contribution is -0.142. The number of hydrogen-bond acceptors (Lipinski definition) is 3. The Morgan fingerprint density at radius 3 is 2.50 bits per heavy atom. The second-order valence-electron chi connectivity index (χ2n) is 2.93. The molecule has 1 amide bonds. The van der Waals surface area contributed by atoms with E-state index in [0.29, 0.717) is 0 Å². The number of carbonyl (C=O) groups excluding carboxylic acids is 2. The average molecular weight is 189 g/mol. The van der Waals surface area contributed by atoms with Crippen molar-refractivity contribution in [2.45, 2.75) is 26.0 Å². The molecule has 12 heavy (non-hydrogen) atoms. The molecule has 1 heterocycles. The Morgan fingerprint density at radius 2 is 2.17 bits per heavy atom. The third kappa shape index (κ3) is 1.72. The average Bonchev–Trinajstić information content (AvgIpc) is 2.16. The molecule has 0 aliphatic carbocycles. The smallest absolute Gasteiger partial charge is 0.329 e. The second kappa shape index (κ2) is 3.35. The fourth-order valence-corrected chi connectivity index (χ4v) is 1.31. The molecule has 1 rings (SSSR count). The first-order chi connectivity index (χ1) is 5.52. The van der Waals surface area contributed by atoms with Crippen molar-refractivity contribution in [3.8, 4) is 0 Å². The number of rotatable bonds is 1.